The molecule has 0 fully saturated rings. The largest absolute Gasteiger partial charge is 0.516 e. The van der Waals surface area contributed by atoms with Crippen molar-refractivity contribution < 1.29 is 28.7 Å². The molecule has 38 heavy (non-hydrogen) atoms. The summed E-state index contributed by atoms with van der Waals surface area (Å²) >= 11 is 0. The van der Waals surface area contributed by atoms with Crippen LogP contribution in [0.5, 0.6) is 0 Å². The number of guanidine groups is 2. The maximum Gasteiger partial charge on any atom is 0.516 e. The van der Waals surface area contributed by atoms with E-state index in [1.54, 1.807) is 30.3 Å². The third-order valence-electron chi connectivity index (χ3n) is 5.05. The number of esters is 1. The average molecular weight is 536 g/mol. The van der Waals surface area contributed by atoms with Gasteiger partial charge >= 0.3 is 12.1 Å². The molecular weight excluding hydrogens is 498 g/mol. The van der Waals surface area contributed by atoms with Crippen molar-refractivity contribution in [2.24, 2.45) is 44.4 Å². The zero-order valence-corrected chi connectivity index (χ0v) is 21.3. The van der Waals surface area contributed by atoms with Crippen LogP contribution < -0.4 is 34.4 Å². The van der Waals surface area contributed by atoms with Crippen molar-refractivity contribution >= 4 is 35.9 Å². The molecule has 0 radical (unpaired) electrons. The van der Waals surface area contributed by atoms with Crippen molar-refractivity contribution in [1.82, 2.24) is 4.90 Å². The van der Waals surface area contributed by atoms with Crippen LogP contribution in [0, 0.1) is 0 Å². The van der Waals surface area contributed by atoms with E-state index < -0.39 is 42.1 Å². The number of hydrogen-bond donors (Lipinski definition) is 6. The van der Waals surface area contributed by atoms with Gasteiger partial charge in [0.25, 0.3) is 0 Å². The van der Waals surface area contributed by atoms with E-state index in [-0.39, 0.29) is 50.9 Å². The van der Waals surface area contributed by atoms with Gasteiger partial charge in [-0.05, 0) is 38.2 Å². The first-order valence-corrected chi connectivity index (χ1v) is 11.8. The standard InChI is InChI=1S/C23H37N9O6/c1-14(24)18(33)32(19(34)16(25)9-5-11-30-21(26)27)17(10-6-12-31-22(28)29)20(35)38-23(36)37-13-15-7-3-2-4-8-15/h2-4,7-8,14,16-17H,5-6,9-13,24-25H2,1H3,(H4,26,27,30)(H4,28,29,31)/t14-,16-,17-/m0/s1. The average Bonchev–Trinajstić information content (AvgIpc) is 2.86. The molecule has 3 atom stereocenters. The predicted molar refractivity (Wildman–Crippen MR) is 140 cm³/mol. The fourth-order valence-corrected chi connectivity index (χ4v) is 3.20. The SMILES string of the molecule is C[C@H](N)C(=O)N(C(=O)[C@@H](N)CCCN=C(N)N)[C@@H](CCCN=C(N)N)C(=O)OC(=O)OCc1ccccc1. The lowest BCUT2D eigenvalue weighted by Gasteiger charge is -2.31. The normalized spacial score (nSPS) is 12.8. The van der Waals surface area contributed by atoms with Crippen molar-refractivity contribution in [2.45, 2.75) is 57.3 Å². The first kappa shape index (κ1) is 31.8. The molecule has 0 heterocycles. The molecule has 0 aliphatic heterocycles. The number of benzene rings is 1. The number of nitrogens with zero attached hydrogens (tertiary/aromatic N) is 3. The first-order valence-electron chi connectivity index (χ1n) is 11.8. The lowest BCUT2D eigenvalue weighted by atomic mass is 10.0. The van der Waals surface area contributed by atoms with Crippen LogP contribution in [0.4, 0.5) is 4.79 Å². The van der Waals surface area contributed by atoms with Crippen molar-refractivity contribution in [3.63, 3.8) is 0 Å². The van der Waals surface area contributed by atoms with Gasteiger partial charge in [0.05, 0.1) is 12.1 Å². The molecule has 0 aliphatic carbocycles. The molecule has 1 rings (SSSR count). The van der Waals surface area contributed by atoms with Crippen molar-refractivity contribution in [3.05, 3.63) is 35.9 Å². The Morgan fingerprint density at radius 3 is 1.95 bits per heavy atom. The van der Waals surface area contributed by atoms with E-state index >= 15 is 0 Å². The maximum atomic E-state index is 13.2. The molecule has 0 spiro atoms. The van der Waals surface area contributed by atoms with Crippen molar-refractivity contribution in [3.8, 4) is 0 Å². The number of rotatable bonds is 14. The summed E-state index contributed by atoms with van der Waals surface area (Å²) in [5.74, 6) is -3.30. The molecule has 0 aromatic heterocycles. The molecule has 0 unspecified atom stereocenters. The van der Waals surface area contributed by atoms with Crippen LogP contribution in [-0.2, 0) is 30.5 Å². The molecule has 15 nitrogen and oxygen atoms in total. The van der Waals surface area contributed by atoms with Crippen LogP contribution in [0.25, 0.3) is 0 Å². The van der Waals surface area contributed by atoms with Gasteiger partial charge in [0.15, 0.2) is 11.9 Å². The summed E-state index contributed by atoms with van der Waals surface area (Å²) in [7, 11) is 0. The summed E-state index contributed by atoms with van der Waals surface area (Å²) < 4.78 is 9.80. The highest BCUT2D eigenvalue weighted by Gasteiger charge is 2.39. The molecule has 0 aliphatic rings. The van der Waals surface area contributed by atoms with Crippen LogP contribution >= 0.6 is 0 Å². The Morgan fingerprint density at radius 1 is 0.868 bits per heavy atom. The minimum Gasteiger partial charge on any atom is -0.429 e. The van der Waals surface area contributed by atoms with Crippen LogP contribution in [0.3, 0.4) is 0 Å². The zero-order chi connectivity index (χ0) is 28.7. The summed E-state index contributed by atoms with van der Waals surface area (Å²) in [5, 5.41) is 0. The number of aliphatic imine (C=N–C) groups is 2. The van der Waals surface area contributed by atoms with E-state index in [1.165, 1.54) is 6.92 Å². The third kappa shape index (κ3) is 11.7. The van der Waals surface area contributed by atoms with Gasteiger partial charge in [-0.1, -0.05) is 30.3 Å². The van der Waals surface area contributed by atoms with Gasteiger partial charge in [-0.2, -0.15) is 0 Å². The van der Waals surface area contributed by atoms with E-state index in [0.717, 1.165) is 0 Å². The summed E-state index contributed by atoms with van der Waals surface area (Å²) in [5.41, 5.74) is 33.6. The number of carbonyl (C=O) groups is 4. The molecule has 2 amide bonds. The molecule has 0 bridgehead atoms. The molecule has 210 valence electrons. The molecule has 15 heteroatoms. The van der Waals surface area contributed by atoms with Crippen LogP contribution in [0.1, 0.15) is 38.2 Å². The highest BCUT2D eigenvalue weighted by Crippen LogP contribution is 2.16. The molecule has 0 saturated carbocycles. The van der Waals surface area contributed by atoms with Gasteiger partial charge in [0, 0.05) is 13.1 Å². The second-order valence-corrected chi connectivity index (χ2v) is 8.30. The number of ether oxygens (including phenoxy) is 2. The number of hydrogen-bond acceptors (Lipinski definition) is 10. The van der Waals surface area contributed by atoms with Crippen LogP contribution in [-0.4, -0.2) is 72.0 Å². The van der Waals surface area contributed by atoms with E-state index in [9.17, 15) is 19.2 Å². The smallest absolute Gasteiger partial charge is 0.429 e. The third-order valence-corrected chi connectivity index (χ3v) is 5.05. The molecule has 0 saturated heterocycles. The minimum absolute atomic E-state index is 0.0730. The summed E-state index contributed by atoms with van der Waals surface area (Å²) in [6.45, 7) is 1.44. The second kappa shape index (κ2) is 16.5. The van der Waals surface area contributed by atoms with Gasteiger partial charge in [0.2, 0.25) is 11.8 Å². The lowest BCUT2D eigenvalue weighted by molar-refractivity contribution is -0.160. The van der Waals surface area contributed by atoms with Gasteiger partial charge in [-0.15, -0.1) is 0 Å². The quantitative estimate of drug-likeness (QED) is 0.0515. The molecule has 1 aromatic rings. The maximum absolute atomic E-state index is 13.2. The fourth-order valence-electron chi connectivity index (χ4n) is 3.20. The number of imide groups is 1. The zero-order valence-electron chi connectivity index (χ0n) is 21.3. The second-order valence-electron chi connectivity index (χ2n) is 8.30. The molecular formula is C23H37N9O6. The van der Waals surface area contributed by atoms with E-state index in [0.29, 0.717) is 16.9 Å². The molecule has 12 N–H and O–H groups in total. The van der Waals surface area contributed by atoms with Crippen LogP contribution in [0.2, 0.25) is 0 Å². The summed E-state index contributed by atoms with van der Waals surface area (Å²) in [4.78, 5) is 59.7. The van der Waals surface area contributed by atoms with Crippen molar-refractivity contribution in [2.75, 3.05) is 13.1 Å². The highest BCUT2D eigenvalue weighted by atomic mass is 16.7. The Kier molecular flexibility index (Phi) is 13.8. The van der Waals surface area contributed by atoms with Gasteiger partial charge in [-0.3, -0.25) is 24.5 Å². The summed E-state index contributed by atoms with van der Waals surface area (Å²) in [6.07, 6.45) is -0.905. The fraction of sp³-hybridized carbons (Fsp3) is 0.478. The Morgan fingerprint density at radius 2 is 1.42 bits per heavy atom. The summed E-state index contributed by atoms with van der Waals surface area (Å²) in [6, 6.07) is 4.75. The van der Waals surface area contributed by atoms with E-state index in [2.05, 4.69) is 9.98 Å². The van der Waals surface area contributed by atoms with Gasteiger partial charge in [-0.25, -0.2) is 9.59 Å². The number of nitrogens with two attached hydrogens (primary N) is 6. The van der Waals surface area contributed by atoms with Gasteiger partial charge < -0.3 is 43.9 Å². The molecule has 1 aromatic carbocycles. The van der Waals surface area contributed by atoms with Crippen LogP contribution in [0.15, 0.2) is 40.3 Å². The monoisotopic (exact) mass is 535 g/mol. The lowest BCUT2D eigenvalue weighted by Crippen LogP contribution is -2.58. The van der Waals surface area contributed by atoms with E-state index in [1.807, 2.05) is 0 Å². The van der Waals surface area contributed by atoms with E-state index in [4.69, 9.17) is 43.9 Å². The first-order chi connectivity index (χ1) is 17.9. The predicted octanol–water partition coefficient (Wildman–Crippen LogP) is -1.63. The Labute approximate surface area is 220 Å². The highest BCUT2D eigenvalue weighted by molar-refractivity contribution is 6.03. The minimum atomic E-state index is -1.55. The Balaban J connectivity index is 3.10. The van der Waals surface area contributed by atoms with Gasteiger partial charge in [0.1, 0.15) is 12.6 Å². The Hall–Kier alpha value is -4.24. The number of carbonyl (C=O) groups excluding carboxylic acids is 4. The number of amides is 2. The van der Waals surface area contributed by atoms with Crippen molar-refractivity contribution in [1.29, 1.82) is 0 Å². The Bertz CT molecular complexity index is 992. The topological polar surface area (TPSA) is 271 Å².